The standard InChI is InChI=1S/C28H21NO3/c1-31-20-17-15-19(16-18-20)29-27(30)26(32-21-9-3-2-4-10-21)28(29)24-13-7-5-11-22(24)23-12-6-8-14-25(23)28/h2-18,26H,1H3. The van der Waals surface area contributed by atoms with Gasteiger partial charge in [-0.15, -0.1) is 0 Å². The molecule has 1 spiro atoms. The normalized spacial score (nSPS) is 17.5. The lowest BCUT2D eigenvalue weighted by Gasteiger charge is -2.55. The average Bonchev–Trinajstić information content (AvgIpc) is 3.16. The molecule has 1 aliphatic carbocycles. The van der Waals surface area contributed by atoms with Crippen molar-refractivity contribution in [3.8, 4) is 22.6 Å². The van der Waals surface area contributed by atoms with Crippen LogP contribution in [-0.2, 0) is 10.3 Å². The van der Waals surface area contributed by atoms with Crippen molar-refractivity contribution in [1.29, 1.82) is 0 Å². The molecular formula is C28H21NO3. The molecule has 1 saturated heterocycles. The van der Waals surface area contributed by atoms with E-state index in [1.165, 1.54) is 0 Å². The molecule has 2 aliphatic rings. The van der Waals surface area contributed by atoms with E-state index in [-0.39, 0.29) is 5.91 Å². The smallest absolute Gasteiger partial charge is 0.272 e. The van der Waals surface area contributed by atoms with Gasteiger partial charge in [-0.05, 0) is 58.7 Å². The molecule has 1 heterocycles. The molecule has 4 aromatic carbocycles. The second-order valence-electron chi connectivity index (χ2n) is 8.04. The number of anilines is 1. The summed E-state index contributed by atoms with van der Waals surface area (Å²) in [4.78, 5) is 15.6. The number of benzene rings is 4. The second-order valence-corrected chi connectivity index (χ2v) is 8.04. The number of hydrogen-bond donors (Lipinski definition) is 0. The first kappa shape index (κ1) is 18.7. The van der Waals surface area contributed by atoms with E-state index in [1.807, 2.05) is 83.8 Å². The first-order valence-electron chi connectivity index (χ1n) is 10.6. The lowest BCUT2D eigenvalue weighted by atomic mass is 9.72. The van der Waals surface area contributed by atoms with Gasteiger partial charge in [0.05, 0.1) is 7.11 Å². The van der Waals surface area contributed by atoms with Gasteiger partial charge in [0.25, 0.3) is 5.91 Å². The summed E-state index contributed by atoms with van der Waals surface area (Å²) in [5.41, 5.74) is 4.51. The summed E-state index contributed by atoms with van der Waals surface area (Å²) in [6.07, 6.45) is -0.670. The van der Waals surface area contributed by atoms with Gasteiger partial charge in [0.2, 0.25) is 6.10 Å². The predicted molar refractivity (Wildman–Crippen MR) is 124 cm³/mol. The maximum Gasteiger partial charge on any atom is 0.272 e. The molecular weight excluding hydrogens is 398 g/mol. The fourth-order valence-corrected chi connectivity index (χ4v) is 5.12. The quantitative estimate of drug-likeness (QED) is 0.415. The summed E-state index contributed by atoms with van der Waals surface area (Å²) < 4.78 is 11.7. The van der Waals surface area contributed by atoms with Crippen LogP contribution in [0.4, 0.5) is 5.69 Å². The topological polar surface area (TPSA) is 38.8 Å². The molecule has 1 unspecified atom stereocenters. The van der Waals surface area contributed by atoms with E-state index in [1.54, 1.807) is 7.11 Å². The average molecular weight is 419 g/mol. The first-order chi connectivity index (χ1) is 15.7. The zero-order valence-electron chi connectivity index (χ0n) is 17.6. The van der Waals surface area contributed by atoms with Crippen molar-refractivity contribution < 1.29 is 14.3 Å². The lowest BCUT2D eigenvalue weighted by Crippen LogP contribution is -2.74. The van der Waals surface area contributed by atoms with Crippen LogP contribution >= 0.6 is 0 Å². The van der Waals surface area contributed by atoms with Crippen molar-refractivity contribution in [3.63, 3.8) is 0 Å². The summed E-state index contributed by atoms with van der Waals surface area (Å²) in [5.74, 6) is 1.37. The van der Waals surface area contributed by atoms with Gasteiger partial charge in [0, 0.05) is 5.69 Å². The van der Waals surface area contributed by atoms with E-state index in [0.717, 1.165) is 33.7 Å². The molecule has 0 radical (unpaired) electrons. The fourth-order valence-electron chi connectivity index (χ4n) is 5.12. The van der Waals surface area contributed by atoms with E-state index < -0.39 is 11.6 Å². The molecule has 4 heteroatoms. The van der Waals surface area contributed by atoms with Crippen LogP contribution in [0.5, 0.6) is 11.5 Å². The second kappa shape index (κ2) is 6.99. The minimum atomic E-state index is -0.741. The largest absolute Gasteiger partial charge is 0.497 e. The van der Waals surface area contributed by atoms with Crippen LogP contribution < -0.4 is 14.4 Å². The van der Waals surface area contributed by atoms with E-state index in [4.69, 9.17) is 9.47 Å². The summed E-state index contributed by atoms with van der Waals surface area (Å²) in [5, 5.41) is 0. The van der Waals surface area contributed by atoms with Gasteiger partial charge >= 0.3 is 0 Å². The Morgan fingerprint density at radius 3 is 1.84 bits per heavy atom. The Bertz CT molecular complexity index is 1270. The molecule has 32 heavy (non-hydrogen) atoms. The maximum atomic E-state index is 13.7. The highest BCUT2D eigenvalue weighted by molar-refractivity contribution is 6.11. The highest BCUT2D eigenvalue weighted by Crippen LogP contribution is 2.59. The lowest BCUT2D eigenvalue weighted by molar-refractivity contribution is -0.139. The van der Waals surface area contributed by atoms with Crippen molar-refractivity contribution in [1.82, 2.24) is 0 Å². The summed E-state index contributed by atoms with van der Waals surface area (Å²) >= 11 is 0. The molecule has 156 valence electrons. The summed E-state index contributed by atoms with van der Waals surface area (Å²) in [7, 11) is 1.64. The monoisotopic (exact) mass is 419 g/mol. The molecule has 1 fully saturated rings. The fraction of sp³-hybridized carbons (Fsp3) is 0.107. The Balaban J connectivity index is 1.58. The van der Waals surface area contributed by atoms with E-state index >= 15 is 0 Å². The molecule has 4 aromatic rings. The molecule has 0 bridgehead atoms. The summed E-state index contributed by atoms with van der Waals surface area (Å²) in [6.45, 7) is 0. The Labute approximate surface area is 186 Å². The molecule has 0 saturated carbocycles. The van der Waals surface area contributed by atoms with Gasteiger partial charge in [0.1, 0.15) is 17.0 Å². The van der Waals surface area contributed by atoms with Crippen LogP contribution in [0.1, 0.15) is 11.1 Å². The predicted octanol–water partition coefficient (Wildman–Crippen LogP) is 5.41. The molecule has 0 N–H and O–H groups in total. The third-order valence-electron chi connectivity index (χ3n) is 6.47. The summed E-state index contributed by atoms with van der Waals surface area (Å²) in [6, 6.07) is 33.8. The number of ether oxygens (including phenoxy) is 2. The highest BCUT2D eigenvalue weighted by Gasteiger charge is 2.68. The minimum Gasteiger partial charge on any atom is -0.497 e. The Hall–Kier alpha value is -4.05. The Kier molecular flexibility index (Phi) is 4.08. The first-order valence-corrected chi connectivity index (χ1v) is 10.6. The van der Waals surface area contributed by atoms with Crippen molar-refractivity contribution in [2.45, 2.75) is 11.6 Å². The van der Waals surface area contributed by atoms with Crippen molar-refractivity contribution in [2.24, 2.45) is 0 Å². The zero-order valence-corrected chi connectivity index (χ0v) is 17.6. The number of nitrogens with zero attached hydrogens (tertiary/aromatic N) is 1. The van der Waals surface area contributed by atoms with Crippen molar-refractivity contribution in [2.75, 3.05) is 12.0 Å². The number of carbonyl (C=O) groups excluding carboxylic acids is 1. The number of β-lactam (4-membered cyclic amide) rings is 1. The van der Waals surface area contributed by atoms with Gasteiger partial charge in [-0.3, -0.25) is 9.69 Å². The highest BCUT2D eigenvalue weighted by atomic mass is 16.5. The Morgan fingerprint density at radius 1 is 0.688 bits per heavy atom. The van der Waals surface area contributed by atoms with Crippen LogP contribution in [0, 0.1) is 0 Å². The van der Waals surface area contributed by atoms with Gasteiger partial charge < -0.3 is 9.47 Å². The van der Waals surface area contributed by atoms with E-state index in [9.17, 15) is 4.79 Å². The third-order valence-corrected chi connectivity index (χ3v) is 6.47. The third kappa shape index (κ3) is 2.41. The number of amides is 1. The van der Waals surface area contributed by atoms with Gasteiger partial charge in [0.15, 0.2) is 0 Å². The van der Waals surface area contributed by atoms with E-state index in [0.29, 0.717) is 5.75 Å². The molecule has 0 aromatic heterocycles. The van der Waals surface area contributed by atoms with Gasteiger partial charge in [-0.25, -0.2) is 0 Å². The maximum absolute atomic E-state index is 13.7. The number of rotatable bonds is 4. The molecule has 1 amide bonds. The van der Waals surface area contributed by atoms with Crippen LogP contribution in [0.15, 0.2) is 103 Å². The molecule has 1 aliphatic heterocycles. The van der Waals surface area contributed by atoms with E-state index in [2.05, 4.69) is 24.3 Å². The zero-order chi connectivity index (χ0) is 21.7. The van der Waals surface area contributed by atoms with Crippen LogP contribution in [0.2, 0.25) is 0 Å². The Morgan fingerprint density at radius 2 is 1.25 bits per heavy atom. The number of hydrogen-bond acceptors (Lipinski definition) is 3. The molecule has 1 atom stereocenters. The minimum absolute atomic E-state index is 0.0643. The van der Waals surface area contributed by atoms with Crippen molar-refractivity contribution >= 4 is 11.6 Å². The van der Waals surface area contributed by atoms with Crippen LogP contribution in [0.3, 0.4) is 0 Å². The number of fused-ring (bicyclic) bond motifs is 5. The van der Waals surface area contributed by atoms with Crippen LogP contribution in [-0.4, -0.2) is 19.1 Å². The SMILES string of the molecule is COc1ccc(N2C(=O)C(Oc3ccccc3)C23c2ccccc2-c2ccccc23)cc1. The number of para-hydroxylation sites is 1. The number of carbonyl (C=O) groups is 1. The van der Waals surface area contributed by atoms with Gasteiger partial charge in [-0.2, -0.15) is 0 Å². The molecule has 6 rings (SSSR count). The number of methoxy groups -OCH3 is 1. The van der Waals surface area contributed by atoms with Crippen molar-refractivity contribution in [3.05, 3.63) is 114 Å². The van der Waals surface area contributed by atoms with Crippen LogP contribution in [0.25, 0.3) is 11.1 Å². The van der Waals surface area contributed by atoms with Gasteiger partial charge in [-0.1, -0.05) is 66.7 Å². The molecule has 4 nitrogen and oxygen atoms in total.